The number of methoxy groups -OCH3 is 2. The summed E-state index contributed by atoms with van der Waals surface area (Å²) in [4.78, 5) is 12.6. The number of carbonyl (C=O) groups is 1. The van der Waals surface area contributed by atoms with Crippen molar-refractivity contribution in [1.29, 1.82) is 5.26 Å². The van der Waals surface area contributed by atoms with E-state index in [1.54, 1.807) is 20.3 Å². The van der Waals surface area contributed by atoms with E-state index in [2.05, 4.69) is 27.9 Å². The van der Waals surface area contributed by atoms with Crippen molar-refractivity contribution in [2.45, 2.75) is 13.8 Å². The number of nitrogens with zero attached hydrogens (tertiary/aromatic N) is 1. The second kappa shape index (κ2) is 8.72. The Morgan fingerprint density at radius 1 is 1.19 bits per heavy atom. The third kappa shape index (κ3) is 4.35. The summed E-state index contributed by atoms with van der Waals surface area (Å²) in [5, 5.41) is 12.3. The molecule has 2 rings (SSSR count). The number of hydrogen-bond donors (Lipinski definition) is 1. The lowest BCUT2D eigenvalue weighted by Gasteiger charge is -2.12. The molecule has 0 atom stereocenters. The highest BCUT2D eigenvalue weighted by Gasteiger charge is 2.14. The van der Waals surface area contributed by atoms with Gasteiger partial charge >= 0.3 is 0 Å². The summed E-state index contributed by atoms with van der Waals surface area (Å²) < 4.78 is 11.4. The topological polar surface area (TPSA) is 71.3 Å². The van der Waals surface area contributed by atoms with Crippen molar-refractivity contribution in [2.24, 2.45) is 0 Å². The van der Waals surface area contributed by atoms with Gasteiger partial charge in [0, 0.05) is 5.69 Å². The molecule has 0 saturated carbocycles. The number of ether oxygens (including phenoxy) is 2. The van der Waals surface area contributed by atoms with E-state index in [0.29, 0.717) is 17.1 Å². The Morgan fingerprint density at radius 3 is 2.38 bits per heavy atom. The van der Waals surface area contributed by atoms with Crippen molar-refractivity contribution in [3.05, 3.63) is 56.2 Å². The molecule has 0 aromatic heterocycles. The van der Waals surface area contributed by atoms with Crippen LogP contribution < -0.4 is 14.8 Å². The quantitative estimate of drug-likeness (QED) is 0.405. The zero-order valence-electron chi connectivity index (χ0n) is 15.0. The number of benzene rings is 2. The van der Waals surface area contributed by atoms with Gasteiger partial charge in [0.25, 0.3) is 5.91 Å². The Labute approximate surface area is 166 Å². The Balaban J connectivity index is 2.38. The first-order chi connectivity index (χ1) is 12.4. The SMILES string of the molecule is COc1cc(/C=C(/C#N)C(=O)Nc2c(C)cccc2C)cc(I)c1OC. The summed E-state index contributed by atoms with van der Waals surface area (Å²) in [6, 6.07) is 11.3. The molecule has 2 aromatic carbocycles. The second-order valence-electron chi connectivity index (χ2n) is 5.63. The van der Waals surface area contributed by atoms with E-state index in [4.69, 9.17) is 9.47 Å². The number of anilines is 1. The summed E-state index contributed by atoms with van der Waals surface area (Å²) in [5.41, 5.74) is 3.30. The average molecular weight is 462 g/mol. The van der Waals surface area contributed by atoms with Gasteiger partial charge in [-0.1, -0.05) is 18.2 Å². The van der Waals surface area contributed by atoms with Gasteiger partial charge in [0.05, 0.1) is 17.8 Å². The number of amides is 1. The van der Waals surface area contributed by atoms with Gasteiger partial charge in [-0.25, -0.2) is 0 Å². The molecule has 0 aliphatic carbocycles. The first-order valence-electron chi connectivity index (χ1n) is 7.82. The van der Waals surface area contributed by atoms with Gasteiger partial charge in [-0.2, -0.15) is 5.26 Å². The molecule has 26 heavy (non-hydrogen) atoms. The van der Waals surface area contributed by atoms with Crippen molar-refractivity contribution < 1.29 is 14.3 Å². The summed E-state index contributed by atoms with van der Waals surface area (Å²) in [6.45, 7) is 3.82. The summed E-state index contributed by atoms with van der Waals surface area (Å²) in [5.74, 6) is 0.705. The standard InChI is InChI=1S/C20H19IN2O3/c1-12-6-5-7-13(2)18(12)23-20(24)15(11-22)8-14-9-16(21)19(26-4)17(10-14)25-3/h5-10H,1-4H3,(H,23,24)/b15-8-. The fourth-order valence-electron chi connectivity index (χ4n) is 2.53. The number of aryl methyl sites for hydroxylation is 2. The predicted octanol–water partition coefficient (Wildman–Crippen LogP) is 4.47. The molecule has 0 aliphatic heterocycles. The van der Waals surface area contributed by atoms with E-state index in [1.807, 2.05) is 44.2 Å². The molecule has 134 valence electrons. The number of para-hydroxylation sites is 1. The van der Waals surface area contributed by atoms with E-state index < -0.39 is 5.91 Å². The van der Waals surface area contributed by atoms with E-state index in [0.717, 1.165) is 20.4 Å². The van der Waals surface area contributed by atoms with Crippen LogP contribution in [0.2, 0.25) is 0 Å². The van der Waals surface area contributed by atoms with Crippen LogP contribution in [0.5, 0.6) is 11.5 Å². The molecule has 0 aliphatic rings. The lowest BCUT2D eigenvalue weighted by atomic mass is 10.1. The largest absolute Gasteiger partial charge is 0.493 e. The van der Waals surface area contributed by atoms with Crippen molar-refractivity contribution in [3.63, 3.8) is 0 Å². The van der Waals surface area contributed by atoms with E-state index >= 15 is 0 Å². The lowest BCUT2D eigenvalue weighted by Crippen LogP contribution is -2.15. The number of rotatable bonds is 5. The van der Waals surface area contributed by atoms with Crippen LogP contribution in [0.4, 0.5) is 5.69 Å². The predicted molar refractivity (Wildman–Crippen MR) is 110 cm³/mol. The normalized spacial score (nSPS) is 10.8. The van der Waals surface area contributed by atoms with Crippen LogP contribution in [-0.4, -0.2) is 20.1 Å². The number of nitrogens with one attached hydrogen (secondary N) is 1. The Bertz CT molecular complexity index is 894. The van der Waals surface area contributed by atoms with Crippen LogP contribution in [0.25, 0.3) is 6.08 Å². The first kappa shape index (κ1) is 19.8. The van der Waals surface area contributed by atoms with Gasteiger partial charge in [-0.05, 0) is 71.3 Å². The van der Waals surface area contributed by atoms with E-state index in [1.165, 1.54) is 6.08 Å². The maximum Gasteiger partial charge on any atom is 0.266 e. The second-order valence-corrected chi connectivity index (χ2v) is 6.79. The minimum Gasteiger partial charge on any atom is -0.493 e. The minimum absolute atomic E-state index is 0.00988. The average Bonchev–Trinajstić information content (AvgIpc) is 2.62. The maximum absolute atomic E-state index is 12.6. The number of halogens is 1. The van der Waals surface area contributed by atoms with Gasteiger partial charge in [-0.15, -0.1) is 0 Å². The Kier molecular flexibility index (Phi) is 6.64. The van der Waals surface area contributed by atoms with Crippen molar-refractivity contribution in [2.75, 3.05) is 19.5 Å². The fourth-order valence-corrected chi connectivity index (χ4v) is 3.37. The van der Waals surface area contributed by atoms with Gasteiger partial charge in [0.2, 0.25) is 0 Å². The first-order valence-corrected chi connectivity index (χ1v) is 8.90. The molecular formula is C20H19IN2O3. The number of nitriles is 1. The van der Waals surface area contributed by atoms with Crippen LogP contribution in [0, 0.1) is 28.7 Å². The zero-order valence-corrected chi connectivity index (χ0v) is 17.2. The highest BCUT2D eigenvalue weighted by Crippen LogP contribution is 2.34. The summed E-state index contributed by atoms with van der Waals surface area (Å²) >= 11 is 2.12. The third-order valence-electron chi connectivity index (χ3n) is 3.85. The molecule has 0 bridgehead atoms. The minimum atomic E-state index is -0.449. The highest BCUT2D eigenvalue weighted by atomic mass is 127. The Hall–Kier alpha value is -2.53. The van der Waals surface area contributed by atoms with Crippen LogP contribution >= 0.6 is 22.6 Å². The molecule has 0 spiro atoms. The monoisotopic (exact) mass is 462 g/mol. The number of carbonyl (C=O) groups excluding carboxylic acids is 1. The molecule has 0 fully saturated rings. The molecule has 1 N–H and O–H groups in total. The number of hydrogen-bond acceptors (Lipinski definition) is 4. The van der Waals surface area contributed by atoms with Gasteiger partial charge in [0.15, 0.2) is 11.5 Å². The third-order valence-corrected chi connectivity index (χ3v) is 4.65. The van der Waals surface area contributed by atoms with Crippen molar-refractivity contribution in [3.8, 4) is 17.6 Å². The molecule has 5 nitrogen and oxygen atoms in total. The highest BCUT2D eigenvalue weighted by molar-refractivity contribution is 14.1. The van der Waals surface area contributed by atoms with Crippen LogP contribution in [0.1, 0.15) is 16.7 Å². The maximum atomic E-state index is 12.6. The lowest BCUT2D eigenvalue weighted by molar-refractivity contribution is -0.112. The van der Waals surface area contributed by atoms with Gasteiger partial charge < -0.3 is 14.8 Å². The molecule has 0 heterocycles. The Morgan fingerprint density at radius 2 is 1.85 bits per heavy atom. The molecular weight excluding hydrogens is 443 g/mol. The van der Waals surface area contributed by atoms with E-state index in [-0.39, 0.29) is 5.57 Å². The van der Waals surface area contributed by atoms with Crippen LogP contribution in [-0.2, 0) is 4.79 Å². The van der Waals surface area contributed by atoms with Crippen LogP contribution in [0.3, 0.4) is 0 Å². The van der Waals surface area contributed by atoms with Crippen LogP contribution in [0.15, 0.2) is 35.9 Å². The molecule has 6 heteroatoms. The van der Waals surface area contributed by atoms with E-state index in [9.17, 15) is 10.1 Å². The van der Waals surface area contributed by atoms with Crippen molar-refractivity contribution in [1.82, 2.24) is 0 Å². The molecule has 1 amide bonds. The zero-order chi connectivity index (χ0) is 19.3. The fraction of sp³-hybridized carbons (Fsp3) is 0.200. The van der Waals surface area contributed by atoms with Crippen molar-refractivity contribution >= 4 is 40.3 Å². The van der Waals surface area contributed by atoms with Gasteiger partial charge in [-0.3, -0.25) is 4.79 Å². The summed E-state index contributed by atoms with van der Waals surface area (Å²) in [6.07, 6.45) is 1.53. The summed E-state index contributed by atoms with van der Waals surface area (Å²) in [7, 11) is 3.11. The smallest absolute Gasteiger partial charge is 0.266 e. The molecule has 0 radical (unpaired) electrons. The molecule has 0 unspecified atom stereocenters. The molecule has 0 saturated heterocycles. The molecule has 2 aromatic rings. The van der Waals surface area contributed by atoms with Gasteiger partial charge in [0.1, 0.15) is 11.6 Å².